The van der Waals surface area contributed by atoms with Gasteiger partial charge < -0.3 is 14.6 Å². The lowest BCUT2D eigenvalue weighted by Gasteiger charge is -2.08. The number of aryl methyl sites for hydroxylation is 1. The fourth-order valence-electron chi connectivity index (χ4n) is 1.65. The van der Waals surface area contributed by atoms with Gasteiger partial charge in [-0.3, -0.25) is 4.79 Å². The maximum atomic E-state index is 11.6. The Kier molecular flexibility index (Phi) is 5.47. The van der Waals surface area contributed by atoms with E-state index in [1.54, 1.807) is 18.2 Å². The summed E-state index contributed by atoms with van der Waals surface area (Å²) in [6.45, 7) is 2.18. The molecule has 0 radical (unpaired) electrons. The van der Waals surface area contributed by atoms with Crippen LogP contribution >= 0.6 is 23.2 Å². The average molecular weight is 329 g/mol. The highest BCUT2D eigenvalue weighted by molar-refractivity contribution is 6.35. The van der Waals surface area contributed by atoms with E-state index in [9.17, 15) is 4.79 Å². The standard InChI is InChI=1S/C14H14Cl2N2O3/c1-9-6-11(21-18-9)4-5-17-14(19)8-20-13-3-2-10(15)7-12(13)16/h2-3,6-7H,4-5,8H2,1H3,(H,17,19). The average Bonchev–Trinajstić information content (AvgIpc) is 2.83. The van der Waals surface area contributed by atoms with E-state index in [4.69, 9.17) is 32.5 Å². The largest absolute Gasteiger partial charge is 0.482 e. The molecule has 2 rings (SSSR count). The van der Waals surface area contributed by atoms with E-state index in [1.165, 1.54) is 0 Å². The first-order valence-electron chi connectivity index (χ1n) is 6.31. The van der Waals surface area contributed by atoms with Crippen LogP contribution in [-0.4, -0.2) is 24.2 Å². The molecule has 0 unspecified atom stereocenters. The number of carbonyl (C=O) groups is 1. The number of nitrogens with one attached hydrogen (secondary N) is 1. The first kappa shape index (κ1) is 15.7. The molecule has 7 heteroatoms. The SMILES string of the molecule is Cc1cc(CCNC(=O)COc2ccc(Cl)cc2Cl)on1. The first-order chi connectivity index (χ1) is 10.0. The van der Waals surface area contributed by atoms with E-state index < -0.39 is 0 Å². The van der Waals surface area contributed by atoms with Crippen molar-refractivity contribution in [2.75, 3.05) is 13.2 Å². The number of rotatable bonds is 6. The maximum Gasteiger partial charge on any atom is 0.257 e. The number of carbonyl (C=O) groups excluding carboxylic acids is 1. The molecule has 0 saturated carbocycles. The van der Waals surface area contributed by atoms with Crippen molar-refractivity contribution in [2.45, 2.75) is 13.3 Å². The number of nitrogens with zero attached hydrogens (tertiary/aromatic N) is 1. The number of benzene rings is 1. The molecule has 0 spiro atoms. The van der Waals surface area contributed by atoms with Gasteiger partial charge in [-0.2, -0.15) is 0 Å². The van der Waals surface area contributed by atoms with Crippen molar-refractivity contribution in [1.29, 1.82) is 0 Å². The second-order valence-electron chi connectivity index (χ2n) is 4.40. The minimum atomic E-state index is -0.239. The van der Waals surface area contributed by atoms with Gasteiger partial charge in [-0.1, -0.05) is 28.4 Å². The van der Waals surface area contributed by atoms with Crippen molar-refractivity contribution >= 4 is 29.1 Å². The lowest BCUT2D eigenvalue weighted by molar-refractivity contribution is -0.123. The number of ether oxygens (including phenoxy) is 1. The van der Waals surface area contributed by atoms with Crippen LogP contribution in [-0.2, 0) is 11.2 Å². The molecule has 1 N–H and O–H groups in total. The molecule has 0 atom stereocenters. The van der Waals surface area contributed by atoms with Crippen LogP contribution in [0.3, 0.4) is 0 Å². The summed E-state index contributed by atoms with van der Waals surface area (Å²) < 4.78 is 10.4. The Morgan fingerprint density at radius 2 is 2.19 bits per heavy atom. The Morgan fingerprint density at radius 1 is 1.38 bits per heavy atom. The lowest BCUT2D eigenvalue weighted by atomic mass is 10.3. The Morgan fingerprint density at radius 3 is 2.86 bits per heavy atom. The molecule has 1 aromatic carbocycles. The molecule has 0 aliphatic heterocycles. The molecule has 0 bridgehead atoms. The zero-order valence-electron chi connectivity index (χ0n) is 11.4. The van der Waals surface area contributed by atoms with E-state index in [0.29, 0.717) is 28.8 Å². The molecule has 0 aliphatic carbocycles. The minimum absolute atomic E-state index is 0.114. The molecule has 5 nitrogen and oxygen atoms in total. The van der Waals surface area contributed by atoms with Crippen molar-refractivity contribution in [2.24, 2.45) is 0 Å². The van der Waals surface area contributed by atoms with E-state index in [0.717, 1.165) is 11.5 Å². The van der Waals surface area contributed by atoms with Gasteiger partial charge in [0.15, 0.2) is 6.61 Å². The van der Waals surface area contributed by atoms with Gasteiger partial charge in [0.05, 0.1) is 10.7 Å². The van der Waals surface area contributed by atoms with Gasteiger partial charge in [-0.15, -0.1) is 0 Å². The van der Waals surface area contributed by atoms with Crippen LogP contribution in [0, 0.1) is 6.92 Å². The highest BCUT2D eigenvalue weighted by Gasteiger charge is 2.07. The molecule has 21 heavy (non-hydrogen) atoms. The second kappa shape index (κ2) is 7.33. The number of halogens is 2. The van der Waals surface area contributed by atoms with Gasteiger partial charge in [0.1, 0.15) is 11.5 Å². The van der Waals surface area contributed by atoms with Gasteiger partial charge in [0, 0.05) is 24.1 Å². The molecule has 112 valence electrons. The molecule has 0 aliphatic rings. The quantitative estimate of drug-likeness (QED) is 0.885. The van der Waals surface area contributed by atoms with Gasteiger partial charge in [-0.05, 0) is 25.1 Å². The summed E-state index contributed by atoms with van der Waals surface area (Å²) in [7, 11) is 0. The summed E-state index contributed by atoms with van der Waals surface area (Å²) in [5.41, 5.74) is 0.817. The molecule has 1 heterocycles. The van der Waals surface area contributed by atoms with E-state index in [1.807, 2.05) is 13.0 Å². The predicted octanol–water partition coefficient (Wildman–Crippen LogP) is 3.03. The molecule has 0 saturated heterocycles. The normalized spacial score (nSPS) is 10.4. The highest BCUT2D eigenvalue weighted by Crippen LogP contribution is 2.27. The van der Waals surface area contributed by atoms with Crippen LogP contribution in [0.25, 0.3) is 0 Å². The van der Waals surface area contributed by atoms with Crippen LogP contribution in [0.15, 0.2) is 28.8 Å². The third kappa shape index (κ3) is 4.95. The van der Waals surface area contributed by atoms with Crippen LogP contribution in [0.1, 0.15) is 11.5 Å². The molecule has 1 amide bonds. The zero-order chi connectivity index (χ0) is 15.2. The zero-order valence-corrected chi connectivity index (χ0v) is 12.9. The van der Waals surface area contributed by atoms with Crippen LogP contribution in [0.2, 0.25) is 10.0 Å². The summed E-state index contributed by atoms with van der Waals surface area (Å²) in [5, 5.41) is 7.37. The third-order valence-electron chi connectivity index (χ3n) is 2.62. The van der Waals surface area contributed by atoms with Gasteiger partial charge in [0.25, 0.3) is 5.91 Å². The number of amides is 1. The maximum absolute atomic E-state index is 11.6. The Balaban J connectivity index is 1.72. The number of hydrogen-bond donors (Lipinski definition) is 1. The van der Waals surface area contributed by atoms with Gasteiger partial charge in [0.2, 0.25) is 0 Å². The van der Waals surface area contributed by atoms with Gasteiger partial charge in [-0.25, -0.2) is 0 Å². The first-order valence-corrected chi connectivity index (χ1v) is 7.07. The minimum Gasteiger partial charge on any atom is -0.482 e. The van der Waals surface area contributed by atoms with Crippen LogP contribution in [0.4, 0.5) is 0 Å². The predicted molar refractivity (Wildman–Crippen MR) is 79.9 cm³/mol. The van der Waals surface area contributed by atoms with Gasteiger partial charge >= 0.3 is 0 Å². The third-order valence-corrected chi connectivity index (χ3v) is 3.15. The monoisotopic (exact) mass is 328 g/mol. The summed E-state index contributed by atoms with van der Waals surface area (Å²) in [6, 6.07) is 6.65. The number of hydrogen-bond acceptors (Lipinski definition) is 4. The Bertz CT molecular complexity index is 628. The highest BCUT2D eigenvalue weighted by atomic mass is 35.5. The second-order valence-corrected chi connectivity index (χ2v) is 5.24. The van der Waals surface area contributed by atoms with E-state index in [-0.39, 0.29) is 12.5 Å². The lowest BCUT2D eigenvalue weighted by Crippen LogP contribution is -2.30. The molecule has 2 aromatic rings. The molecular formula is C14H14Cl2N2O3. The Hall–Kier alpha value is -1.72. The van der Waals surface area contributed by atoms with Crippen molar-refractivity contribution in [3.63, 3.8) is 0 Å². The molecular weight excluding hydrogens is 315 g/mol. The summed E-state index contributed by atoms with van der Waals surface area (Å²) >= 11 is 11.7. The van der Waals surface area contributed by atoms with Crippen molar-refractivity contribution < 1.29 is 14.1 Å². The topological polar surface area (TPSA) is 64.4 Å². The summed E-state index contributed by atoms with van der Waals surface area (Å²) in [4.78, 5) is 11.6. The molecule has 0 fully saturated rings. The van der Waals surface area contributed by atoms with Crippen molar-refractivity contribution in [3.8, 4) is 5.75 Å². The van der Waals surface area contributed by atoms with Crippen LogP contribution < -0.4 is 10.1 Å². The van der Waals surface area contributed by atoms with Crippen molar-refractivity contribution in [3.05, 3.63) is 45.8 Å². The fraction of sp³-hybridized carbons (Fsp3) is 0.286. The Labute approximate surface area is 132 Å². The summed E-state index contributed by atoms with van der Waals surface area (Å²) in [6.07, 6.45) is 0.578. The van der Waals surface area contributed by atoms with E-state index >= 15 is 0 Å². The summed E-state index contributed by atoms with van der Waals surface area (Å²) in [5.74, 6) is 0.911. The number of aromatic nitrogens is 1. The molecule has 1 aromatic heterocycles. The van der Waals surface area contributed by atoms with Crippen molar-refractivity contribution in [1.82, 2.24) is 10.5 Å². The smallest absolute Gasteiger partial charge is 0.257 e. The fourth-order valence-corrected chi connectivity index (χ4v) is 2.11. The van der Waals surface area contributed by atoms with Crippen LogP contribution in [0.5, 0.6) is 5.75 Å². The van der Waals surface area contributed by atoms with E-state index in [2.05, 4.69) is 10.5 Å².